The predicted molar refractivity (Wildman–Crippen MR) is 76.8 cm³/mol. The van der Waals surface area contributed by atoms with E-state index in [0.29, 0.717) is 5.56 Å². The first-order valence-electron chi connectivity index (χ1n) is 6.00. The molecule has 19 heavy (non-hydrogen) atoms. The van der Waals surface area contributed by atoms with Crippen LogP contribution in [0.5, 0.6) is 0 Å². The lowest BCUT2D eigenvalue weighted by Crippen LogP contribution is -2.55. The van der Waals surface area contributed by atoms with Gasteiger partial charge in [-0.2, -0.15) is 0 Å². The SMILES string of the molecule is CC(=O)N(C(C)C)C(C)(C(=O)O)c1cccc(Br)c1. The molecule has 4 nitrogen and oxygen atoms in total. The van der Waals surface area contributed by atoms with Gasteiger partial charge in [-0.05, 0) is 38.5 Å². The molecule has 0 bridgehead atoms. The van der Waals surface area contributed by atoms with E-state index in [0.717, 1.165) is 4.47 Å². The number of amides is 1. The van der Waals surface area contributed by atoms with Crippen LogP contribution in [-0.2, 0) is 15.1 Å². The average molecular weight is 328 g/mol. The van der Waals surface area contributed by atoms with Gasteiger partial charge in [0.15, 0.2) is 5.54 Å². The summed E-state index contributed by atoms with van der Waals surface area (Å²) in [6.45, 7) is 6.55. The number of aliphatic carboxylic acids is 1. The number of halogens is 1. The zero-order valence-electron chi connectivity index (χ0n) is 11.5. The fourth-order valence-electron chi connectivity index (χ4n) is 2.35. The number of hydrogen-bond donors (Lipinski definition) is 1. The molecule has 0 aliphatic heterocycles. The highest BCUT2D eigenvalue weighted by molar-refractivity contribution is 9.10. The molecule has 0 spiro atoms. The summed E-state index contributed by atoms with van der Waals surface area (Å²) in [6, 6.07) is 6.82. The van der Waals surface area contributed by atoms with Gasteiger partial charge in [0.05, 0.1) is 0 Å². The Labute approximate surface area is 121 Å². The van der Waals surface area contributed by atoms with Gasteiger partial charge in [0, 0.05) is 17.4 Å². The predicted octanol–water partition coefficient (Wildman–Crippen LogP) is 3.01. The van der Waals surface area contributed by atoms with Gasteiger partial charge in [-0.15, -0.1) is 0 Å². The molecule has 0 fully saturated rings. The number of carbonyl (C=O) groups excluding carboxylic acids is 1. The summed E-state index contributed by atoms with van der Waals surface area (Å²) < 4.78 is 0.782. The summed E-state index contributed by atoms with van der Waals surface area (Å²) in [5, 5.41) is 9.64. The van der Waals surface area contributed by atoms with Crippen molar-refractivity contribution in [3.63, 3.8) is 0 Å². The van der Waals surface area contributed by atoms with Crippen LogP contribution in [0.2, 0.25) is 0 Å². The number of carboxylic acids is 1. The summed E-state index contributed by atoms with van der Waals surface area (Å²) in [6.07, 6.45) is 0. The standard InChI is InChI=1S/C14H18BrNO3/c1-9(2)16(10(3)17)14(4,13(18)19)11-6-5-7-12(15)8-11/h5-9H,1-4H3,(H,18,19). The minimum Gasteiger partial charge on any atom is -0.479 e. The highest BCUT2D eigenvalue weighted by Crippen LogP contribution is 2.32. The zero-order chi connectivity index (χ0) is 14.8. The van der Waals surface area contributed by atoms with Gasteiger partial charge >= 0.3 is 5.97 Å². The van der Waals surface area contributed by atoms with Crippen molar-refractivity contribution in [2.24, 2.45) is 0 Å². The minimum absolute atomic E-state index is 0.211. The first-order chi connectivity index (χ1) is 8.71. The lowest BCUT2D eigenvalue weighted by molar-refractivity contribution is -0.160. The van der Waals surface area contributed by atoms with Crippen LogP contribution in [0.4, 0.5) is 0 Å². The molecule has 1 rings (SSSR count). The van der Waals surface area contributed by atoms with E-state index in [1.807, 2.05) is 6.07 Å². The lowest BCUT2D eigenvalue weighted by Gasteiger charge is -2.40. The summed E-state index contributed by atoms with van der Waals surface area (Å²) >= 11 is 3.33. The molecule has 1 amide bonds. The molecule has 1 aromatic rings. The maximum atomic E-state index is 11.8. The highest BCUT2D eigenvalue weighted by Gasteiger charge is 2.44. The van der Waals surface area contributed by atoms with Crippen molar-refractivity contribution in [3.05, 3.63) is 34.3 Å². The summed E-state index contributed by atoms with van der Waals surface area (Å²) in [4.78, 5) is 25.0. The van der Waals surface area contributed by atoms with Crippen LogP contribution >= 0.6 is 15.9 Å². The van der Waals surface area contributed by atoms with E-state index < -0.39 is 11.5 Å². The summed E-state index contributed by atoms with van der Waals surface area (Å²) in [5.41, 5.74) is -0.817. The van der Waals surface area contributed by atoms with Gasteiger partial charge in [-0.3, -0.25) is 4.79 Å². The van der Waals surface area contributed by atoms with E-state index in [-0.39, 0.29) is 11.9 Å². The Hall–Kier alpha value is -1.36. The van der Waals surface area contributed by atoms with Crippen molar-refractivity contribution >= 4 is 27.8 Å². The molecule has 0 saturated heterocycles. The first kappa shape index (κ1) is 15.7. The number of carboxylic acid groups (broad SMARTS) is 1. The van der Waals surface area contributed by atoms with Gasteiger partial charge in [-0.1, -0.05) is 28.1 Å². The Kier molecular flexibility index (Phi) is 4.74. The maximum Gasteiger partial charge on any atom is 0.334 e. The lowest BCUT2D eigenvalue weighted by atomic mass is 9.88. The van der Waals surface area contributed by atoms with Gasteiger partial charge in [0.25, 0.3) is 0 Å². The molecule has 5 heteroatoms. The van der Waals surface area contributed by atoms with E-state index in [1.165, 1.54) is 11.8 Å². The fourth-order valence-corrected chi connectivity index (χ4v) is 2.75. The van der Waals surface area contributed by atoms with Crippen LogP contribution < -0.4 is 0 Å². The smallest absolute Gasteiger partial charge is 0.334 e. The van der Waals surface area contributed by atoms with Crippen LogP contribution in [0.15, 0.2) is 28.7 Å². The third-order valence-corrected chi connectivity index (χ3v) is 3.63. The van der Waals surface area contributed by atoms with Crippen molar-refractivity contribution in [3.8, 4) is 0 Å². The molecule has 0 aliphatic rings. The molecule has 1 unspecified atom stereocenters. The molecule has 104 valence electrons. The number of benzene rings is 1. The Morgan fingerprint density at radius 1 is 1.37 bits per heavy atom. The third-order valence-electron chi connectivity index (χ3n) is 3.14. The van der Waals surface area contributed by atoms with Crippen molar-refractivity contribution < 1.29 is 14.7 Å². The zero-order valence-corrected chi connectivity index (χ0v) is 13.1. The molecule has 1 atom stereocenters. The first-order valence-corrected chi connectivity index (χ1v) is 6.80. The molecule has 1 N–H and O–H groups in total. The second-order valence-electron chi connectivity index (χ2n) is 4.87. The number of rotatable bonds is 4. The summed E-state index contributed by atoms with van der Waals surface area (Å²) in [7, 11) is 0. The summed E-state index contributed by atoms with van der Waals surface area (Å²) in [5.74, 6) is -1.31. The van der Waals surface area contributed by atoms with E-state index in [9.17, 15) is 14.7 Å². The topological polar surface area (TPSA) is 57.6 Å². The van der Waals surface area contributed by atoms with Crippen LogP contribution in [0.3, 0.4) is 0 Å². The Bertz CT molecular complexity index is 501. The van der Waals surface area contributed by atoms with Crippen molar-refractivity contribution in [1.29, 1.82) is 0 Å². The maximum absolute atomic E-state index is 11.8. The van der Waals surface area contributed by atoms with E-state index >= 15 is 0 Å². The van der Waals surface area contributed by atoms with Crippen LogP contribution in [0.1, 0.15) is 33.3 Å². The molecule has 0 heterocycles. The molecule has 0 aromatic heterocycles. The van der Waals surface area contributed by atoms with Crippen molar-refractivity contribution in [1.82, 2.24) is 4.90 Å². The van der Waals surface area contributed by atoms with Gasteiger partial charge in [0.1, 0.15) is 0 Å². The number of nitrogens with zero attached hydrogens (tertiary/aromatic N) is 1. The van der Waals surface area contributed by atoms with E-state index in [4.69, 9.17) is 0 Å². The second-order valence-corrected chi connectivity index (χ2v) is 5.79. The monoisotopic (exact) mass is 327 g/mol. The molecule has 0 radical (unpaired) electrons. The van der Waals surface area contributed by atoms with Crippen LogP contribution in [-0.4, -0.2) is 27.9 Å². The van der Waals surface area contributed by atoms with Gasteiger partial charge in [-0.25, -0.2) is 4.79 Å². The Morgan fingerprint density at radius 2 is 1.95 bits per heavy atom. The highest BCUT2D eigenvalue weighted by atomic mass is 79.9. The average Bonchev–Trinajstić information content (AvgIpc) is 2.27. The van der Waals surface area contributed by atoms with Gasteiger partial charge < -0.3 is 10.0 Å². The second kappa shape index (κ2) is 5.74. The number of carbonyl (C=O) groups is 2. The van der Waals surface area contributed by atoms with Gasteiger partial charge in [0.2, 0.25) is 5.91 Å². The minimum atomic E-state index is -1.39. The normalized spacial score (nSPS) is 14.0. The van der Waals surface area contributed by atoms with Crippen molar-refractivity contribution in [2.75, 3.05) is 0 Å². The largest absolute Gasteiger partial charge is 0.479 e. The Morgan fingerprint density at radius 3 is 2.32 bits per heavy atom. The molecule has 1 aromatic carbocycles. The van der Waals surface area contributed by atoms with Crippen LogP contribution in [0, 0.1) is 0 Å². The quantitative estimate of drug-likeness (QED) is 0.924. The van der Waals surface area contributed by atoms with E-state index in [2.05, 4.69) is 15.9 Å². The molecular formula is C14H18BrNO3. The molecule has 0 aliphatic carbocycles. The number of hydrogen-bond acceptors (Lipinski definition) is 2. The Balaban J connectivity index is 3.47. The third kappa shape index (κ3) is 2.97. The van der Waals surface area contributed by atoms with E-state index in [1.54, 1.807) is 39.0 Å². The molecular weight excluding hydrogens is 310 g/mol. The molecule has 0 saturated carbocycles. The fraction of sp³-hybridized carbons (Fsp3) is 0.429. The van der Waals surface area contributed by atoms with Crippen molar-refractivity contribution in [2.45, 2.75) is 39.3 Å². The van der Waals surface area contributed by atoms with Crippen LogP contribution in [0.25, 0.3) is 0 Å².